The minimum absolute atomic E-state index is 0.0782. The van der Waals surface area contributed by atoms with E-state index in [0.29, 0.717) is 11.3 Å². The molecule has 0 saturated heterocycles. The van der Waals surface area contributed by atoms with E-state index in [-0.39, 0.29) is 5.75 Å². The number of carboxylic acids is 1. The van der Waals surface area contributed by atoms with Crippen molar-refractivity contribution in [3.05, 3.63) is 11.9 Å². The van der Waals surface area contributed by atoms with Crippen LogP contribution in [-0.2, 0) is 17.8 Å². The number of nitrogens with zero attached hydrogens (tertiary/aromatic N) is 2. The first-order valence-corrected chi connectivity index (χ1v) is 7.86. The summed E-state index contributed by atoms with van der Waals surface area (Å²) in [6.07, 6.45) is 5.37. The summed E-state index contributed by atoms with van der Waals surface area (Å²) in [5.41, 5.74) is 1.61. The van der Waals surface area contributed by atoms with E-state index >= 15 is 0 Å². The van der Waals surface area contributed by atoms with Crippen LogP contribution < -0.4 is 0 Å². The van der Waals surface area contributed by atoms with Crippen molar-refractivity contribution in [3.63, 3.8) is 0 Å². The van der Waals surface area contributed by atoms with Gasteiger partial charge in [0.15, 0.2) is 5.16 Å². The molecule has 1 saturated carbocycles. The standard InChI is InChI=1S/C14H22N2O2S/c1-4-11-7-15-13(19-8-12(17)18)16(11)9-14(5-6-14)10(2)3/h7,10H,4-6,8-9H2,1-3H3,(H,17,18). The molecule has 1 aromatic heterocycles. The van der Waals surface area contributed by atoms with Gasteiger partial charge in [-0.15, -0.1) is 0 Å². The summed E-state index contributed by atoms with van der Waals surface area (Å²) in [5.74, 6) is -0.0472. The summed E-state index contributed by atoms with van der Waals surface area (Å²) in [6, 6.07) is 0. The zero-order valence-corrected chi connectivity index (χ0v) is 12.7. The Bertz CT molecular complexity index is 464. The van der Waals surface area contributed by atoms with Crippen molar-refractivity contribution in [1.29, 1.82) is 0 Å². The topological polar surface area (TPSA) is 55.1 Å². The highest BCUT2D eigenvalue weighted by atomic mass is 32.2. The van der Waals surface area contributed by atoms with Crippen molar-refractivity contribution in [2.45, 2.75) is 51.7 Å². The molecule has 106 valence electrons. The van der Waals surface area contributed by atoms with Crippen LogP contribution in [0.1, 0.15) is 39.3 Å². The van der Waals surface area contributed by atoms with Crippen molar-refractivity contribution >= 4 is 17.7 Å². The SMILES string of the molecule is CCc1cnc(SCC(=O)O)n1CC1(C(C)C)CC1. The summed E-state index contributed by atoms with van der Waals surface area (Å²) >= 11 is 1.32. The van der Waals surface area contributed by atoms with E-state index in [0.717, 1.165) is 18.1 Å². The molecule has 2 rings (SSSR count). The number of carboxylic acid groups (broad SMARTS) is 1. The molecule has 1 aliphatic carbocycles. The molecule has 19 heavy (non-hydrogen) atoms. The van der Waals surface area contributed by atoms with Crippen LogP contribution in [0.25, 0.3) is 0 Å². The number of aliphatic carboxylic acids is 1. The Balaban J connectivity index is 2.17. The lowest BCUT2D eigenvalue weighted by Gasteiger charge is -2.22. The molecule has 0 bridgehead atoms. The highest BCUT2D eigenvalue weighted by molar-refractivity contribution is 7.99. The molecule has 1 fully saturated rings. The van der Waals surface area contributed by atoms with Gasteiger partial charge in [0, 0.05) is 18.4 Å². The summed E-state index contributed by atoms with van der Waals surface area (Å²) in [7, 11) is 0. The predicted octanol–water partition coefficient (Wildman–Crippen LogP) is 3.06. The van der Waals surface area contributed by atoms with E-state index in [1.165, 1.54) is 30.3 Å². The number of aryl methyl sites for hydroxylation is 1. The Morgan fingerprint density at radius 3 is 2.74 bits per heavy atom. The number of thioether (sulfide) groups is 1. The lowest BCUT2D eigenvalue weighted by molar-refractivity contribution is -0.133. The van der Waals surface area contributed by atoms with Crippen LogP contribution >= 0.6 is 11.8 Å². The van der Waals surface area contributed by atoms with Gasteiger partial charge in [-0.2, -0.15) is 0 Å². The lowest BCUT2D eigenvalue weighted by Crippen LogP contribution is -2.20. The molecule has 0 amide bonds. The van der Waals surface area contributed by atoms with E-state index < -0.39 is 5.97 Å². The molecule has 0 aromatic carbocycles. The number of hydrogen-bond acceptors (Lipinski definition) is 3. The van der Waals surface area contributed by atoms with Crippen LogP contribution in [0.15, 0.2) is 11.4 Å². The van der Waals surface area contributed by atoms with Gasteiger partial charge in [0.1, 0.15) is 0 Å². The highest BCUT2D eigenvalue weighted by Gasteiger charge is 2.46. The quantitative estimate of drug-likeness (QED) is 0.781. The maximum Gasteiger partial charge on any atom is 0.313 e. The molecule has 1 aliphatic rings. The molecule has 0 atom stereocenters. The fourth-order valence-corrected chi connectivity index (χ4v) is 3.20. The van der Waals surface area contributed by atoms with E-state index in [1.54, 1.807) is 0 Å². The minimum atomic E-state index is -0.789. The number of hydrogen-bond donors (Lipinski definition) is 1. The second kappa shape index (κ2) is 5.57. The Morgan fingerprint density at radius 2 is 2.26 bits per heavy atom. The molecule has 1 heterocycles. The predicted molar refractivity (Wildman–Crippen MR) is 76.5 cm³/mol. The molecule has 4 nitrogen and oxygen atoms in total. The van der Waals surface area contributed by atoms with Crippen molar-refractivity contribution in [2.75, 3.05) is 5.75 Å². The zero-order chi connectivity index (χ0) is 14.0. The lowest BCUT2D eigenvalue weighted by atomic mass is 9.92. The summed E-state index contributed by atoms with van der Waals surface area (Å²) in [5, 5.41) is 9.66. The van der Waals surface area contributed by atoms with Crippen LogP contribution in [0.2, 0.25) is 0 Å². The number of imidazole rings is 1. The van der Waals surface area contributed by atoms with E-state index in [9.17, 15) is 4.79 Å². The third kappa shape index (κ3) is 3.14. The number of rotatable bonds is 7. The molecule has 0 unspecified atom stereocenters. The summed E-state index contributed by atoms with van der Waals surface area (Å²) < 4.78 is 2.24. The molecular formula is C14H22N2O2S. The Kier molecular flexibility index (Phi) is 4.23. The van der Waals surface area contributed by atoms with Crippen LogP contribution in [-0.4, -0.2) is 26.4 Å². The summed E-state index contributed by atoms with van der Waals surface area (Å²) in [6.45, 7) is 7.66. The monoisotopic (exact) mass is 282 g/mol. The van der Waals surface area contributed by atoms with E-state index in [1.807, 2.05) is 6.20 Å². The first-order chi connectivity index (χ1) is 8.98. The minimum Gasteiger partial charge on any atom is -0.481 e. The van der Waals surface area contributed by atoms with Crippen LogP contribution in [0.3, 0.4) is 0 Å². The average Bonchev–Trinajstić information content (AvgIpc) is 3.03. The smallest absolute Gasteiger partial charge is 0.313 e. The molecule has 0 aliphatic heterocycles. The molecule has 5 heteroatoms. The first-order valence-electron chi connectivity index (χ1n) is 6.87. The second-order valence-electron chi connectivity index (χ2n) is 5.67. The molecule has 1 N–H and O–H groups in total. The molecule has 1 aromatic rings. The van der Waals surface area contributed by atoms with Crippen molar-refractivity contribution < 1.29 is 9.90 Å². The zero-order valence-electron chi connectivity index (χ0n) is 11.8. The average molecular weight is 282 g/mol. The number of carbonyl (C=O) groups is 1. The fraction of sp³-hybridized carbons (Fsp3) is 0.714. The van der Waals surface area contributed by atoms with E-state index in [4.69, 9.17) is 5.11 Å². The first kappa shape index (κ1) is 14.4. The Labute approximate surface area is 118 Å². The fourth-order valence-electron chi connectivity index (χ4n) is 2.48. The largest absolute Gasteiger partial charge is 0.481 e. The van der Waals surface area contributed by atoms with Gasteiger partial charge in [0.05, 0.1) is 5.75 Å². The third-order valence-corrected chi connectivity index (χ3v) is 5.15. The maximum absolute atomic E-state index is 10.7. The Hall–Kier alpha value is -0.970. The van der Waals surface area contributed by atoms with Gasteiger partial charge in [0.25, 0.3) is 0 Å². The normalized spacial score (nSPS) is 16.8. The Morgan fingerprint density at radius 1 is 1.58 bits per heavy atom. The van der Waals surface area contributed by atoms with Gasteiger partial charge in [-0.1, -0.05) is 32.5 Å². The highest BCUT2D eigenvalue weighted by Crippen LogP contribution is 2.53. The van der Waals surface area contributed by atoms with Crippen molar-refractivity contribution in [1.82, 2.24) is 9.55 Å². The van der Waals surface area contributed by atoms with E-state index in [2.05, 4.69) is 30.3 Å². The van der Waals surface area contributed by atoms with Crippen LogP contribution in [0.4, 0.5) is 0 Å². The van der Waals surface area contributed by atoms with Crippen molar-refractivity contribution in [2.24, 2.45) is 11.3 Å². The summed E-state index contributed by atoms with van der Waals surface area (Å²) in [4.78, 5) is 15.1. The molecule has 0 spiro atoms. The third-order valence-electron chi connectivity index (χ3n) is 4.18. The second-order valence-corrected chi connectivity index (χ2v) is 6.61. The van der Waals surface area contributed by atoms with Gasteiger partial charge in [-0.25, -0.2) is 4.98 Å². The van der Waals surface area contributed by atoms with Gasteiger partial charge in [0.2, 0.25) is 0 Å². The van der Waals surface area contributed by atoms with Crippen molar-refractivity contribution in [3.8, 4) is 0 Å². The van der Waals surface area contributed by atoms with Gasteiger partial charge in [-0.05, 0) is 30.6 Å². The van der Waals surface area contributed by atoms with Gasteiger partial charge in [-0.3, -0.25) is 4.79 Å². The number of aromatic nitrogens is 2. The maximum atomic E-state index is 10.7. The van der Waals surface area contributed by atoms with Crippen LogP contribution in [0, 0.1) is 11.3 Å². The molecule has 0 radical (unpaired) electrons. The van der Waals surface area contributed by atoms with Gasteiger partial charge >= 0.3 is 5.97 Å². The van der Waals surface area contributed by atoms with Gasteiger partial charge < -0.3 is 9.67 Å². The van der Waals surface area contributed by atoms with Crippen LogP contribution in [0.5, 0.6) is 0 Å². The molecular weight excluding hydrogens is 260 g/mol.